The summed E-state index contributed by atoms with van der Waals surface area (Å²) in [4.78, 5) is 0. The lowest BCUT2D eigenvalue weighted by Gasteiger charge is -1.74. The molecule has 0 atom stereocenters. The summed E-state index contributed by atoms with van der Waals surface area (Å²) in [7, 11) is 0. The molecule has 0 spiro atoms. The van der Waals surface area contributed by atoms with E-state index in [2.05, 4.69) is 25.7 Å². The molecule has 0 amide bonds. The summed E-state index contributed by atoms with van der Waals surface area (Å²) in [5, 5.41) is 2.11. The van der Waals surface area contributed by atoms with E-state index in [4.69, 9.17) is 0 Å². The third kappa shape index (κ3) is 0.828. The van der Waals surface area contributed by atoms with E-state index in [-0.39, 0.29) is 0 Å². The molecule has 2 aromatic heterocycles. The fourth-order valence-electron chi connectivity index (χ4n) is 0.816. The normalized spacial score (nSPS) is 11.0. The molecule has 4 heteroatoms. The highest BCUT2D eigenvalue weighted by Crippen LogP contribution is 2.34. The molecule has 0 N–H and O–H groups in total. The lowest BCUT2D eigenvalue weighted by molar-refractivity contribution is 1.38. The SMILES string of the molecule is Cc1nsc2c(Br)csc12. The standard InChI is InChI=1S/C6H4BrNS2/c1-3-5-6(10-8-3)4(7)2-9-5/h2H,1H3. The molecule has 0 bridgehead atoms. The van der Waals surface area contributed by atoms with Crippen LogP contribution in [0.3, 0.4) is 0 Å². The van der Waals surface area contributed by atoms with Crippen LogP contribution in [-0.4, -0.2) is 4.37 Å². The largest absolute Gasteiger partial charge is 0.196 e. The first-order valence-corrected chi connectivity index (χ1v) is 5.22. The summed E-state index contributed by atoms with van der Waals surface area (Å²) in [5.41, 5.74) is 1.15. The Morgan fingerprint density at radius 1 is 1.50 bits per heavy atom. The highest BCUT2D eigenvalue weighted by Gasteiger charge is 2.06. The quantitative estimate of drug-likeness (QED) is 0.680. The molecule has 10 heavy (non-hydrogen) atoms. The van der Waals surface area contributed by atoms with Crippen LogP contribution in [0.1, 0.15) is 5.69 Å². The van der Waals surface area contributed by atoms with E-state index in [9.17, 15) is 0 Å². The second-order valence-electron chi connectivity index (χ2n) is 2.01. The Morgan fingerprint density at radius 3 is 3.00 bits per heavy atom. The van der Waals surface area contributed by atoms with Crippen LogP contribution in [0, 0.1) is 6.92 Å². The van der Waals surface area contributed by atoms with Crippen molar-refractivity contribution in [1.29, 1.82) is 0 Å². The minimum atomic E-state index is 1.15. The zero-order valence-electron chi connectivity index (χ0n) is 5.22. The number of hydrogen-bond acceptors (Lipinski definition) is 3. The fraction of sp³-hybridized carbons (Fsp3) is 0.167. The molecule has 2 heterocycles. The van der Waals surface area contributed by atoms with E-state index < -0.39 is 0 Å². The number of fused-ring (bicyclic) bond motifs is 1. The topological polar surface area (TPSA) is 12.9 Å². The third-order valence-electron chi connectivity index (χ3n) is 1.31. The van der Waals surface area contributed by atoms with Crippen LogP contribution in [0.4, 0.5) is 0 Å². The maximum absolute atomic E-state index is 4.24. The average molecular weight is 234 g/mol. The van der Waals surface area contributed by atoms with Crippen molar-refractivity contribution in [3.05, 3.63) is 15.5 Å². The van der Waals surface area contributed by atoms with E-state index in [1.807, 2.05) is 6.92 Å². The Hall–Kier alpha value is 0.0700. The van der Waals surface area contributed by atoms with Crippen molar-refractivity contribution in [2.75, 3.05) is 0 Å². The smallest absolute Gasteiger partial charge is 0.0802 e. The summed E-state index contributed by atoms with van der Waals surface area (Å²) in [6, 6.07) is 0. The molecule has 0 fully saturated rings. The Kier molecular flexibility index (Phi) is 1.55. The molecule has 0 aliphatic heterocycles. The maximum atomic E-state index is 4.24. The van der Waals surface area contributed by atoms with Crippen molar-refractivity contribution < 1.29 is 0 Å². The second kappa shape index (κ2) is 2.29. The molecule has 0 aliphatic rings. The van der Waals surface area contributed by atoms with E-state index in [1.165, 1.54) is 13.9 Å². The summed E-state index contributed by atoms with van der Waals surface area (Å²) in [6.45, 7) is 2.04. The van der Waals surface area contributed by atoms with Gasteiger partial charge in [-0.25, -0.2) is 0 Å². The van der Waals surface area contributed by atoms with Gasteiger partial charge in [0.05, 0.1) is 15.1 Å². The fourth-order valence-corrected chi connectivity index (χ4v) is 3.50. The Balaban J connectivity index is 2.95. The zero-order chi connectivity index (χ0) is 7.14. The van der Waals surface area contributed by atoms with E-state index in [1.54, 1.807) is 22.9 Å². The monoisotopic (exact) mass is 233 g/mol. The molecular formula is C6H4BrNS2. The molecule has 1 nitrogen and oxygen atoms in total. The average Bonchev–Trinajstić information content (AvgIpc) is 2.41. The van der Waals surface area contributed by atoms with Crippen LogP contribution < -0.4 is 0 Å². The Bertz CT molecular complexity index is 327. The van der Waals surface area contributed by atoms with Crippen LogP contribution in [0.15, 0.2) is 9.85 Å². The van der Waals surface area contributed by atoms with Crippen molar-refractivity contribution in [1.82, 2.24) is 4.37 Å². The van der Waals surface area contributed by atoms with Crippen LogP contribution in [-0.2, 0) is 0 Å². The minimum absolute atomic E-state index is 1.15. The van der Waals surface area contributed by atoms with Gasteiger partial charge >= 0.3 is 0 Å². The summed E-state index contributed by atoms with van der Waals surface area (Å²) in [6.07, 6.45) is 0. The van der Waals surface area contributed by atoms with Crippen molar-refractivity contribution in [3.63, 3.8) is 0 Å². The molecule has 2 aromatic rings. The van der Waals surface area contributed by atoms with Crippen LogP contribution in [0.25, 0.3) is 9.40 Å². The van der Waals surface area contributed by atoms with Gasteiger partial charge in [0.2, 0.25) is 0 Å². The van der Waals surface area contributed by atoms with Crippen molar-refractivity contribution in [3.8, 4) is 0 Å². The number of hydrogen-bond donors (Lipinski definition) is 0. The highest BCUT2D eigenvalue weighted by molar-refractivity contribution is 9.10. The summed E-state index contributed by atoms with van der Waals surface area (Å²) in [5.74, 6) is 0. The third-order valence-corrected chi connectivity index (χ3v) is 4.69. The molecule has 0 radical (unpaired) electrons. The Labute approximate surface area is 75.0 Å². The van der Waals surface area contributed by atoms with Crippen LogP contribution >= 0.6 is 38.8 Å². The predicted octanol–water partition coefficient (Wildman–Crippen LogP) is 3.43. The van der Waals surface area contributed by atoms with Crippen LogP contribution in [0.5, 0.6) is 0 Å². The van der Waals surface area contributed by atoms with Gasteiger partial charge in [0.15, 0.2) is 0 Å². The van der Waals surface area contributed by atoms with E-state index >= 15 is 0 Å². The lowest BCUT2D eigenvalue weighted by Crippen LogP contribution is -1.60. The van der Waals surface area contributed by atoms with Crippen LogP contribution in [0.2, 0.25) is 0 Å². The molecule has 0 aliphatic carbocycles. The van der Waals surface area contributed by atoms with Gasteiger partial charge in [-0.1, -0.05) is 0 Å². The Morgan fingerprint density at radius 2 is 2.30 bits per heavy atom. The predicted molar refractivity (Wildman–Crippen MR) is 49.9 cm³/mol. The van der Waals surface area contributed by atoms with Gasteiger partial charge in [0, 0.05) is 9.85 Å². The molecule has 52 valence electrons. The van der Waals surface area contributed by atoms with Gasteiger partial charge < -0.3 is 0 Å². The maximum Gasteiger partial charge on any atom is 0.0802 e. The first kappa shape index (κ1) is 6.76. The molecule has 0 unspecified atom stereocenters. The number of nitrogens with zero attached hydrogens (tertiary/aromatic N) is 1. The molecular weight excluding hydrogens is 230 g/mol. The highest BCUT2D eigenvalue weighted by atomic mass is 79.9. The minimum Gasteiger partial charge on any atom is -0.196 e. The van der Waals surface area contributed by atoms with Crippen molar-refractivity contribution >= 4 is 48.2 Å². The van der Waals surface area contributed by atoms with Gasteiger partial charge in [0.25, 0.3) is 0 Å². The zero-order valence-corrected chi connectivity index (χ0v) is 8.44. The van der Waals surface area contributed by atoms with Gasteiger partial charge in [-0.05, 0) is 34.4 Å². The lowest BCUT2D eigenvalue weighted by atomic mass is 10.4. The van der Waals surface area contributed by atoms with E-state index in [0.717, 1.165) is 5.69 Å². The number of thiophene rings is 1. The van der Waals surface area contributed by atoms with Crippen molar-refractivity contribution in [2.45, 2.75) is 6.92 Å². The first-order chi connectivity index (χ1) is 4.79. The number of aryl methyl sites for hydroxylation is 1. The van der Waals surface area contributed by atoms with Gasteiger partial charge in [0.1, 0.15) is 0 Å². The number of rotatable bonds is 0. The van der Waals surface area contributed by atoms with E-state index in [0.29, 0.717) is 0 Å². The van der Waals surface area contributed by atoms with Gasteiger partial charge in [-0.15, -0.1) is 11.3 Å². The second-order valence-corrected chi connectivity index (χ2v) is 4.52. The molecule has 0 aromatic carbocycles. The first-order valence-electron chi connectivity index (χ1n) is 2.78. The number of aromatic nitrogens is 1. The molecule has 2 rings (SSSR count). The summed E-state index contributed by atoms with van der Waals surface area (Å²) < 4.78 is 8.01. The molecule has 0 saturated heterocycles. The van der Waals surface area contributed by atoms with Crippen molar-refractivity contribution in [2.24, 2.45) is 0 Å². The summed E-state index contributed by atoms with van der Waals surface area (Å²) >= 11 is 6.77. The van der Waals surface area contributed by atoms with Gasteiger partial charge in [-0.3, -0.25) is 0 Å². The van der Waals surface area contributed by atoms with Gasteiger partial charge in [-0.2, -0.15) is 4.37 Å². The molecule has 0 saturated carbocycles. The number of halogens is 1.